The van der Waals surface area contributed by atoms with Crippen LogP contribution in [0.3, 0.4) is 0 Å². The van der Waals surface area contributed by atoms with Crippen molar-refractivity contribution in [1.82, 2.24) is 9.47 Å². The lowest BCUT2D eigenvalue weighted by Gasteiger charge is -2.22. The molecule has 5 nitrogen and oxygen atoms in total. The van der Waals surface area contributed by atoms with E-state index in [2.05, 4.69) is 0 Å². The van der Waals surface area contributed by atoms with Crippen LogP contribution in [0.2, 0.25) is 0 Å². The van der Waals surface area contributed by atoms with Gasteiger partial charge >= 0.3 is 0 Å². The summed E-state index contributed by atoms with van der Waals surface area (Å²) >= 11 is 0. The van der Waals surface area contributed by atoms with E-state index in [4.69, 9.17) is 0 Å². The van der Waals surface area contributed by atoms with E-state index in [1.54, 1.807) is 28.8 Å². The maximum atomic E-state index is 12.7. The van der Waals surface area contributed by atoms with E-state index in [0.717, 1.165) is 5.56 Å². The fraction of sp³-hybridized carbons (Fsp3) is 0.294. The van der Waals surface area contributed by atoms with Crippen molar-refractivity contribution in [2.75, 3.05) is 13.2 Å². The molecule has 2 rings (SSSR count). The number of nitrogens with zero attached hydrogens (tertiary/aromatic N) is 2. The summed E-state index contributed by atoms with van der Waals surface area (Å²) in [4.78, 5) is 25.7. The Morgan fingerprint density at radius 1 is 1.23 bits per heavy atom. The largest absolute Gasteiger partial charge is 0.395 e. The number of benzene rings is 1. The topological polar surface area (TPSA) is 62.5 Å². The fourth-order valence-corrected chi connectivity index (χ4v) is 2.31. The molecule has 1 aromatic carbocycles. The van der Waals surface area contributed by atoms with Crippen LogP contribution in [0.25, 0.3) is 0 Å². The Bertz CT molecular complexity index is 662. The predicted octanol–water partition coefficient (Wildman–Crippen LogP) is 1.86. The van der Waals surface area contributed by atoms with Crippen LogP contribution in [0.1, 0.15) is 33.3 Å². The summed E-state index contributed by atoms with van der Waals surface area (Å²) in [6, 6.07) is 11.2. The van der Waals surface area contributed by atoms with Gasteiger partial charge in [-0.3, -0.25) is 9.59 Å². The van der Waals surface area contributed by atoms with E-state index in [1.807, 2.05) is 30.3 Å². The smallest absolute Gasteiger partial charge is 0.270 e. The average molecular weight is 300 g/mol. The van der Waals surface area contributed by atoms with Crippen molar-refractivity contribution >= 4 is 11.7 Å². The Hall–Kier alpha value is -2.40. The van der Waals surface area contributed by atoms with E-state index in [1.165, 1.54) is 6.92 Å². The van der Waals surface area contributed by atoms with Gasteiger partial charge in [-0.1, -0.05) is 30.3 Å². The maximum absolute atomic E-state index is 12.7. The molecule has 0 aliphatic carbocycles. The molecule has 0 saturated carbocycles. The van der Waals surface area contributed by atoms with Crippen molar-refractivity contribution in [2.45, 2.75) is 13.5 Å². The molecule has 1 amide bonds. The summed E-state index contributed by atoms with van der Waals surface area (Å²) in [5.74, 6) is -0.278. The number of carbonyl (C=O) groups is 2. The second-order valence-electron chi connectivity index (χ2n) is 5.22. The normalized spacial score (nSPS) is 10.5. The molecule has 0 aliphatic rings. The number of ketones is 1. The van der Waals surface area contributed by atoms with Crippen LogP contribution in [0, 0.1) is 0 Å². The number of rotatable bonds is 6. The van der Waals surface area contributed by atoms with Crippen molar-refractivity contribution in [3.63, 3.8) is 0 Å². The molecule has 116 valence electrons. The highest BCUT2D eigenvalue weighted by Crippen LogP contribution is 2.13. The summed E-state index contributed by atoms with van der Waals surface area (Å²) in [6.45, 7) is 2.02. The van der Waals surface area contributed by atoms with Gasteiger partial charge < -0.3 is 14.6 Å². The molecule has 1 aromatic heterocycles. The van der Waals surface area contributed by atoms with Gasteiger partial charge in [-0.15, -0.1) is 0 Å². The third-order valence-corrected chi connectivity index (χ3v) is 3.50. The van der Waals surface area contributed by atoms with Crippen molar-refractivity contribution in [3.8, 4) is 0 Å². The van der Waals surface area contributed by atoms with Gasteiger partial charge in [-0.2, -0.15) is 0 Å². The lowest BCUT2D eigenvalue weighted by molar-refractivity contribution is 0.0698. The minimum atomic E-state index is -0.201. The first-order valence-electron chi connectivity index (χ1n) is 7.14. The Balaban J connectivity index is 2.24. The zero-order valence-electron chi connectivity index (χ0n) is 12.8. The summed E-state index contributed by atoms with van der Waals surface area (Å²) in [5, 5.41) is 9.22. The SMILES string of the molecule is CC(=O)c1cc(C(=O)N(CCO)Cc2ccccc2)n(C)c1. The highest BCUT2D eigenvalue weighted by molar-refractivity contribution is 5.99. The number of hydrogen-bond acceptors (Lipinski definition) is 3. The van der Waals surface area contributed by atoms with Gasteiger partial charge in [0.25, 0.3) is 5.91 Å². The molecule has 5 heteroatoms. The monoisotopic (exact) mass is 300 g/mol. The van der Waals surface area contributed by atoms with Crippen LogP contribution >= 0.6 is 0 Å². The van der Waals surface area contributed by atoms with Crippen LogP contribution in [-0.4, -0.2) is 39.4 Å². The van der Waals surface area contributed by atoms with Crippen LogP contribution in [0.4, 0.5) is 0 Å². The molecule has 0 fully saturated rings. The minimum Gasteiger partial charge on any atom is -0.395 e. The third-order valence-electron chi connectivity index (χ3n) is 3.50. The van der Waals surface area contributed by atoms with E-state index in [-0.39, 0.29) is 24.8 Å². The van der Waals surface area contributed by atoms with Crippen LogP contribution in [-0.2, 0) is 13.6 Å². The quantitative estimate of drug-likeness (QED) is 0.828. The highest BCUT2D eigenvalue weighted by atomic mass is 16.3. The van der Waals surface area contributed by atoms with Gasteiger partial charge in [0.05, 0.1) is 6.61 Å². The van der Waals surface area contributed by atoms with Crippen LogP contribution in [0.15, 0.2) is 42.6 Å². The molecule has 0 aliphatic heterocycles. The first kappa shape index (κ1) is 16.0. The molecule has 2 aromatic rings. The van der Waals surface area contributed by atoms with Gasteiger partial charge in [0, 0.05) is 31.9 Å². The van der Waals surface area contributed by atoms with Crippen molar-refractivity contribution in [1.29, 1.82) is 0 Å². The van der Waals surface area contributed by atoms with E-state index < -0.39 is 0 Å². The van der Waals surface area contributed by atoms with Gasteiger partial charge in [-0.05, 0) is 18.6 Å². The number of hydrogen-bond donors (Lipinski definition) is 1. The second-order valence-corrected chi connectivity index (χ2v) is 5.22. The fourth-order valence-electron chi connectivity index (χ4n) is 2.31. The molecule has 0 bridgehead atoms. The number of amides is 1. The molecule has 0 saturated heterocycles. The van der Waals surface area contributed by atoms with E-state index in [0.29, 0.717) is 17.8 Å². The standard InChI is InChI=1S/C17H20N2O3/c1-13(21)15-10-16(18(2)12-15)17(22)19(8-9-20)11-14-6-4-3-5-7-14/h3-7,10,12,20H,8-9,11H2,1-2H3. The molecular formula is C17H20N2O3. The maximum Gasteiger partial charge on any atom is 0.270 e. The summed E-state index contributed by atoms with van der Waals surface area (Å²) < 4.78 is 1.65. The third kappa shape index (κ3) is 3.62. The number of carbonyl (C=O) groups excluding carboxylic acids is 2. The number of aryl methyl sites for hydroxylation is 1. The summed E-state index contributed by atoms with van der Waals surface area (Å²) in [5.41, 5.74) is 1.94. The molecule has 0 radical (unpaired) electrons. The summed E-state index contributed by atoms with van der Waals surface area (Å²) in [6.07, 6.45) is 1.65. The van der Waals surface area contributed by atoms with Crippen LogP contribution in [0.5, 0.6) is 0 Å². The average Bonchev–Trinajstić information content (AvgIpc) is 2.89. The van der Waals surface area contributed by atoms with Crippen molar-refractivity contribution < 1.29 is 14.7 Å². The number of Topliss-reactive ketones (excluding diaryl/α,β-unsaturated/α-hetero) is 1. The second kappa shape index (κ2) is 7.04. The Labute approximate surface area is 129 Å². The van der Waals surface area contributed by atoms with Gasteiger partial charge in [0.1, 0.15) is 5.69 Å². The predicted molar refractivity (Wildman–Crippen MR) is 83.7 cm³/mol. The van der Waals surface area contributed by atoms with Gasteiger partial charge in [0.2, 0.25) is 0 Å². The van der Waals surface area contributed by atoms with Gasteiger partial charge in [-0.25, -0.2) is 0 Å². The Morgan fingerprint density at radius 3 is 2.45 bits per heavy atom. The molecule has 0 atom stereocenters. The molecular weight excluding hydrogens is 280 g/mol. The number of aromatic nitrogens is 1. The molecule has 1 heterocycles. The van der Waals surface area contributed by atoms with Crippen LogP contribution < -0.4 is 0 Å². The molecule has 0 unspecified atom stereocenters. The number of aliphatic hydroxyl groups is 1. The Morgan fingerprint density at radius 2 is 1.91 bits per heavy atom. The van der Waals surface area contributed by atoms with E-state index in [9.17, 15) is 14.7 Å². The van der Waals surface area contributed by atoms with Crippen molar-refractivity contribution in [3.05, 3.63) is 59.4 Å². The number of aliphatic hydroxyl groups excluding tert-OH is 1. The lowest BCUT2D eigenvalue weighted by Crippen LogP contribution is -2.34. The molecule has 1 N–H and O–H groups in total. The first-order valence-corrected chi connectivity index (χ1v) is 7.14. The Kier molecular flexibility index (Phi) is 5.12. The molecule has 22 heavy (non-hydrogen) atoms. The minimum absolute atomic E-state index is 0.0774. The van der Waals surface area contributed by atoms with Crippen molar-refractivity contribution in [2.24, 2.45) is 7.05 Å². The summed E-state index contributed by atoms with van der Waals surface area (Å²) in [7, 11) is 1.74. The molecule has 0 spiro atoms. The zero-order valence-corrected chi connectivity index (χ0v) is 12.8. The van der Waals surface area contributed by atoms with Gasteiger partial charge in [0.15, 0.2) is 5.78 Å². The highest BCUT2D eigenvalue weighted by Gasteiger charge is 2.20. The zero-order chi connectivity index (χ0) is 16.1. The van der Waals surface area contributed by atoms with E-state index >= 15 is 0 Å². The first-order chi connectivity index (χ1) is 10.5. The lowest BCUT2D eigenvalue weighted by atomic mass is 10.2.